The summed E-state index contributed by atoms with van der Waals surface area (Å²) in [5.74, 6) is -0.255. The average Bonchev–Trinajstić information content (AvgIpc) is 2.34. The molecule has 5 nitrogen and oxygen atoms in total. The van der Waals surface area contributed by atoms with Crippen molar-refractivity contribution in [2.24, 2.45) is 11.3 Å². The maximum Gasteiger partial charge on any atom is 0.330 e. The zero-order valence-electron chi connectivity index (χ0n) is 12.3. The van der Waals surface area contributed by atoms with Crippen molar-refractivity contribution in [1.29, 1.82) is 0 Å². The van der Waals surface area contributed by atoms with Crippen molar-refractivity contribution in [3.63, 3.8) is 0 Å². The summed E-state index contributed by atoms with van der Waals surface area (Å²) in [5, 5.41) is 2.32. The number of barbiturate groups is 1. The summed E-state index contributed by atoms with van der Waals surface area (Å²) in [6.07, 6.45) is 2.56. The molecule has 4 amide bonds. The van der Waals surface area contributed by atoms with Gasteiger partial charge in [-0.05, 0) is 31.6 Å². The van der Waals surface area contributed by atoms with Crippen molar-refractivity contribution in [3.8, 4) is 0 Å². The smallest absolute Gasteiger partial charge is 0.277 e. The fourth-order valence-electron chi connectivity index (χ4n) is 2.47. The highest BCUT2D eigenvalue weighted by Crippen LogP contribution is 2.32. The third-order valence-electron chi connectivity index (χ3n) is 3.93. The predicted molar refractivity (Wildman–Crippen MR) is 72.3 cm³/mol. The fourth-order valence-corrected chi connectivity index (χ4v) is 2.47. The molecule has 108 valence electrons. The second-order valence-corrected chi connectivity index (χ2v) is 5.54. The van der Waals surface area contributed by atoms with E-state index >= 15 is 0 Å². The van der Waals surface area contributed by atoms with Gasteiger partial charge in [-0.2, -0.15) is 0 Å². The van der Waals surface area contributed by atoms with Crippen molar-refractivity contribution >= 4 is 17.8 Å². The van der Waals surface area contributed by atoms with E-state index in [2.05, 4.69) is 19.2 Å². The Hall–Kier alpha value is -1.39. The van der Waals surface area contributed by atoms with Crippen LogP contribution < -0.4 is 5.32 Å². The average molecular weight is 268 g/mol. The van der Waals surface area contributed by atoms with E-state index in [9.17, 15) is 14.4 Å². The Labute approximate surface area is 114 Å². The Kier molecular flexibility index (Phi) is 5.09. The van der Waals surface area contributed by atoms with Gasteiger partial charge < -0.3 is 0 Å². The van der Waals surface area contributed by atoms with Crippen LogP contribution in [0.25, 0.3) is 0 Å². The lowest BCUT2D eigenvalue weighted by Crippen LogP contribution is -2.63. The largest absolute Gasteiger partial charge is 0.330 e. The number of carbonyl (C=O) groups excluding carboxylic acids is 3. The monoisotopic (exact) mass is 268 g/mol. The molecule has 1 rings (SSSR count). The van der Waals surface area contributed by atoms with Gasteiger partial charge in [0.05, 0.1) is 0 Å². The van der Waals surface area contributed by atoms with Crippen LogP contribution in [0, 0.1) is 11.3 Å². The summed E-state index contributed by atoms with van der Waals surface area (Å²) in [4.78, 5) is 37.4. The summed E-state index contributed by atoms with van der Waals surface area (Å²) in [5.41, 5.74) is -1.06. The second-order valence-electron chi connectivity index (χ2n) is 5.54. The molecular formula is C14H24N2O3. The maximum atomic E-state index is 12.5. The van der Waals surface area contributed by atoms with Crippen LogP contribution in [0.3, 0.4) is 0 Å². The van der Waals surface area contributed by atoms with Crippen LogP contribution in [0.2, 0.25) is 0 Å². The predicted octanol–water partition coefficient (Wildman–Crippen LogP) is 2.31. The van der Waals surface area contributed by atoms with Crippen molar-refractivity contribution in [1.82, 2.24) is 10.2 Å². The summed E-state index contributed by atoms with van der Waals surface area (Å²) < 4.78 is 0. The van der Waals surface area contributed by atoms with E-state index in [1.54, 1.807) is 0 Å². The van der Waals surface area contributed by atoms with E-state index in [0.717, 1.165) is 12.8 Å². The van der Waals surface area contributed by atoms with Crippen molar-refractivity contribution < 1.29 is 14.4 Å². The van der Waals surface area contributed by atoms with E-state index in [1.165, 1.54) is 4.90 Å². The third-order valence-corrected chi connectivity index (χ3v) is 3.93. The van der Waals surface area contributed by atoms with Crippen LogP contribution in [0.5, 0.6) is 0 Å². The number of urea groups is 1. The number of hydrogen-bond donors (Lipinski definition) is 1. The van der Waals surface area contributed by atoms with Crippen LogP contribution in [0.1, 0.15) is 53.4 Å². The summed E-state index contributed by atoms with van der Waals surface area (Å²) in [6, 6.07) is -0.573. The Morgan fingerprint density at radius 3 is 2.21 bits per heavy atom. The molecule has 0 aromatic carbocycles. The standard InChI is InChI=1S/C14H24N2O3/c1-5-14(6-2)11(17)15-13(19)16(12(14)18)9-7-8-10(3)4/h10H,5-9H2,1-4H3,(H,15,17,19). The molecular weight excluding hydrogens is 244 g/mol. The van der Waals surface area contributed by atoms with Gasteiger partial charge in [0.15, 0.2) is 0 Å². The van der Waals surface area contributed by atoms with E-state index in [0.29, 0.717) is 25.3 Å². The molecule has 5 heteroatoms. The van der Waals surface area contributed by atoms with E-state index < -0.39 is 17.4 Å². The van der Waals surface area contributed by atoms with Gasteiger partial charge >= 0.3 is 6.03 Å². The highest BCUT2D eigenvalue weighted by Gasteiger charge is 2.51. The molecule has 0 spiro atoms. The molecule has 0 unspecified atom stereocenters. The molecule has 0 bridgehead atoms. The first kappa shape index (κ1) is 15.7. The molecule has 0 aromatic rings. The number of rotatable bonds is 6. The molecule has 1 heterocycles. The highest BCUT2D eigenvalue weighted by molar-refractivity contribution is 6.19. The normalized spacial score (nSPS) is 19.0. The summed E-state index contributed by atoms with van der Waals surface area (Å²) in [6.45, 7) is 8.21. The van der Waals surface area contributed by atoms with Crippen LogP contribution in [0.4, 0.5) is 4.79 Å². The van der Waals surface area contributed by atoms with Crippen LogP contribution in [-0.2, 0) is 9.59 Å². The number of amides is 4. The number of hydrogen-bond acceptors (Lipinski definition) is 3. The van der Waals surface area contributed by atoms with Gasteiger partial charge in [0.1, 0.15) is 5.41 Å². The molecule has 0 saturated carbocycles. The van der Waals surface area contributed by atoms with Gasteiger partial charge in [-0.25, -0.2) is 4.79 Å². The first-order valence-corrected chi connectivity index (χ1v) is 7.06. The second kappa shape index (κ2) is 6.17. The van der Waals surface area contributed by atoms with Crippen molar-refractivity contribution in [2.75, 3.05) is 6.54 Å². The van der Waals surface area contributed by atoms with Crippen LogP contribution in [0.15, 0.2) is 0 Å². The highest BCUT2D eigenvalue weighted by atomic mass is 16.2. The Bertz CT molecular complexity index is 373. The minimum absolute atomic E-state index is 0.338. The summed E-state index contributed by atoms with van der Waals surface area (Å²) >= 11 is 0. The molecule has 0 atom stereocenters. The Morgan fingerprint density at radius 2 is 1.74 bits per heavy atom. The molecule has 0 radical (unpaired) electrons. The number of carbonyl (C=O) groups is 3. The lowest BCUT2D eigenvalue weighted by Gasteiger charge is -2.38. The fraction of sp³-hybridized carbons (Fsp3) is 0.786. The first-order chi connectivity index (χ1) is 8.89. The third kappa shape index (κ3) is 2.96. The minimum Gasteiger partial charge on any atom is -0.277 e. The zero-order valence-corrected chi connectivity index (χ0v) is 12.3. The molecule has 1 aliphatic rings. The zero-order chi connectivity index (χ0) is 14.6. The molecule has 1 aliphatic heterocycles. The van der Waals surface area contributed by atoms with Gasteiger partial charge in [0, 0.05) is 6.54 Å². The van der Waals surface area contributed by atoms with Crippen molar-refractivity contribution in [3.05, 3.63) is 0 Å². The quantitative estimate of drug-likeness (QED) is 0.752. The number of imide groups is 2. The van der Waals surface area contributed by atoms with Crippen LogP contribution >= 0.6 is 0 Å². The lowest BCUT2D eigenvalue weighted by molar-refractivity contribution is -0.152. The topological polar surface area (TPSA) is 66.5 Å². The van der Waals surface area contributed by atoms with E-state index in [1.807, 2.05) is 13.8 Å². The number of nitrogens with one attached hydrogen (secondary N) is 1. The van der Waals surface area contributed by atoms with E-state index in [-0.39, 0.29) is 5.91 Å². The molecule has 1 N–H and O–H groups in total. The first-order valence-electron chi connectivity index (χ1n) is 7.06. The SMILES string of the molecule is CCC1(CC)C(=O)NC(=O)N(CCCC(C)C)C1=O. The van der Waals surface area contributed by atoms with Gasteiger partial charge in [0.2, 0.25) is 11.8 Å². The Balaban J connectivity index is 2.84. The number of nitrogens with zero attached hydrogens (tertiary/aromatic N) is 1. The van der Waals surface area contributed by atoms with Crippen LogP contribution in [-0.4, -0.2) is 29.3 Å². The van der Waals surface area contributed by atoms with Gasteiger partial charge in [-0.3, -0.25) is 19.8 Å². The molecule has 0 aliphatic carbocycles. The van der Waals surface area contributed by atoms with E-state index in [4.69, 9.17) is 0 Å². The Morgan fingerprint density at radius 1 is 1.16 bits per heavy atom. The minimum atomic E-state index is -1.06. The lowest BCUT2D eigenvalue weighted by atomic mass is 9.78. The molecule has 19 heavy (non-hydrogen) atoms. The van der Waals surface area contributed by atoms with Gasteiger partial charge in [0.25, 0.3) is 0 Å². The summed E-state index contributed by atoms with van der Waals surface area (Å²) in [7, 11) is 0. The molecule has 1 fully saturated rings. The molecule has 1 saturated heterocycles. The van der Waals surface area contributed by atoms with Gasteiger partial charge in [-0.1, -0.05) is 27.7 Å². The molecule has 0 aromatic heterocycles. The van der Waals surface area contributed by atoms with Gasteiger partial charge in [-0.15, -0.1) is 0 Å². The maximum absolute atomic E-state index is 12.5. The van der Waals surface area contributed by atoms with Crippen molar-refractivity contribution in [2.45, 2.75) is 53.4 Å².